The van der Waals surface area contributed by atoms with E-state index in [1.807, 2.05) is 24.3 Å². The van der Waals surface area contributed by atoms with E-state index in [-0.39, 0.29) is 5.69 Å². The molecule has 3 heteroatoms. The Morgan fingerprint density at radius 3 is 2.37 bits per heavy atom. The predicted octanol–water partition coefficient (Wildman–Crippen LogP) is 4.45. The van der Waals surface area contributed by atoms with Gasteiger partial charge in [-0.15, -0.1) is 0 Å². The summed E-state index contributed by atoms with van der Waals surface area (Å²) in [6.45, 7) is 4.11. The van der Waals surface area contributed by atoms with Crippen molar-refractivity contribution in [2.75, 3.05) is 5.32 Å². The predicted molar refractivity (Wildman–Crippen MR) is 74.2 cm³/mol. The maximum absolute atomic E-state index is 13.8. The molecule has 0 radical (unpaired) electrons. The zero-order valence-electron chi connectivity index (χ0n) is 11.1. The van der Waals surface area contributed by atoms with Crippen LogP contribution in [-0.4, -0.2) is 0 Å². The lowest BCUT2D eigenvalue weighted by molar-refractivity contribution is 0.582. The van der Waals surface area contributed by atoms with Gasteiger partial charge in [-0.1, -0.05) is 37.3 Å². The second-order valence-corrected chi connectivity index (χ2v) is 4.53. The summed E-state index contributed by atoms with van der Waals surface area (Å²) in [6, 6.07) is 10.6. The number of benzene rings is 2. The van der Waals surface area contributed by atoms with Crippen LogP contribution in [0.5, 0.6) is 0 Å². The molecule has 0 unspecified atom stereocenters. The summed E-state index contributed by atoms with van der Waals surface area (Å²) in [7, 11) is 0. The molecule has 0 aliphatic rings. The van der Waals surface area contributed by atoms with E-state index in [0.717, 1.165) is 12.0 Å². The van der Waals surface area contributed by atoms with Crippen LogP contribution in [0.4, 0.5) is 14.5 Å². The van der Waals surface area contributed by atoms with Crippen LogP contribution >= 0.6 is 0 Å². The van der Waals surface area contributed by atoms with Crippen LogP contribution < -0.4 is 5.32 Å². The minimum Gasteiger partial charge on any atom is -0.376 e. The van der Waals surface area contributed by atoms with Crippen molar-refractivity contribution in [3.05, 3.63) is 64.7 Å². The molecule has 0 spiro atoms. The number of aryl methyl sites for hydroxylation is 2. The number of halogens is 2. The Morgan fingerprint density at radius 2 is 1.68 bits per heavy atom. The first kappa shape index (κ1) is 13.5. The normalized spacial score (nSPS) is 10.5. The molecule has 2 aromatic rings. The minimum atomic E-state index is -0.558. The van der Waals surface area contributed by atoms with Crippen LogP contribution in [-0.2, 0) is 13.0 Å². The highest BCUT2D eigenvalue weighted by atomic mass is 19.1. The van der Waals surface area contributed by atoms with Crippen LogP contribution in [0.25, 0.3) is 0 Å². The number of nitrogens with one attached hydrogen (secondary N) is 1. The van der Waals surface area contributed by atoms with Gasteiger partial charge in [-0.2, -0.15) is 0 Å². The molecule has 2 rings (SSSR count). The first-order valence-corrected chi connectivity index (χ1v) is 6.38. The zero-order valence-corrected chi connectivity index (χ0v) is 11.1. The maximum Gasteiger partial charge on any atom is 0.152 e. The molecule has 1 nitrogen and oxygen atoms in total. The highest BCUT2D eigenvalue weighted by Gasteiger charge is 2.11. The number of hydrogen-bond donors (Lipinski definition) is 1. The van der Waals surface area contributed by atoms with Gasteiger partial charge in [0.05, 0.1) is 0 Å². The lowest BCUT2D eigenvalue weighted by atomic mass is 10.1. The van der Waals surface area contributed by atoms with Gasteiger partial charge in [0, 0.05) is 6.54 Å². The van der Waals surface area contributed by atoms with Crippen LogP contribution in [0.15, 0.2) is 36.4 Å². The molecule has 0 aliphatic carbocycles. The zero-order chi connectivity index (χ0) is 13.8. The molecule has 0 saturated heterocycles. The largest absolute Gasteiger partial charge is 0.376 e. The van der Waals surface area contributed by atoms with Crippen molar-refractivity contribution in [1.29, 1.82) is 0 Å². The monoisotopic (exact) mass is 261 g/mol. The summed E-state index contributed by atoms with van der Waals surface area (Å²) in [5.41, 5.74) is 2.63. The molecular weight excluding hydrogens is 244 g/mol. The smallest absolute Gasteiger partial charge is 0.152 e. The molecule has 0 bridgehead atoms. The number of hydrogen-bond acceptors (Lipinski definition) is 1. The van der Waals surface area contributed by atoms with Gasteiger partial charge in [-0.25, -0.2) is 8.78 Å². The lowest BCUT2D eigenvalue weighted by Crippen LogP contribution is -2.06. The summed E-state index contributed by atoms with van der Waals surface area (Å²) < 4.78 is 27.5. The highest BCUT2D eigenvalue weighted by Crippen LogP contribution is 2.22. The highest BCUT2D eigenvalue weighted by molar-refractivity contribution is 5.49. The third-order valence-corrected chi connectivity index (χ3v) is 3.24. The summed E-state index contributed by atoms with van der Waals surface area (Å²) in [4.78, 5) is 0. The van der Waals surface area contributed by atoms with Gasteiger partial charge in [0.25, 0.3) is 0 Å². The average Bonchev–Trinajstić information content (AvgIpc) is 2.43. The Balaban J connectivity index is 2.21. The van der Waals surface area contributed by atoms with E-state index < -0.39 is 11.6 Å². The molecule has 19 heavy (non-hydrogen) atoms. The second-order valence-electron chi connectivity index (χ2n) is 4.53. The summed E-state index contributed by atoms with van der Waals surface area (Å²) in [5, 5.41) is 2.86. The van der Waals surface area contributed by atoms with Gasteiger partial charge in [0.1, 0.15) is 11.5 Å². The van der Waals surface area contributed by atoms with E-state index in [9.17, 15) is 8.78 Å². The SMILES string of the molecule is CCc1ccccc1CNc1c(F)ccc(C)c1F. The van der Waals surface area contributed by atoms with Crippen molar-refractivity contribution >= 4 is 5.69 Å². The first-order chi connectivity index (χ1) is 9.13. The van der Waals surface area contributed by atoms with E-state index in [0.29, 0.717) is 12.1 Å². The van der Waals surface area contributed by atoms with Crippen molar-refractivity contribution in [3.8, 4) is 0 Å². The summed E-state index contributed by atoms with van der Waals surface area (Å²) in [5.74, 6) is -1.08. The third-order valence-electron chi connectivity index (χ3n) is 3.24. The first-order valence-electron chi connectivity index (χ1n) is 6.38. The van der Waals surface area contributed by atoms with Crippen molar-refractivity contribution in [1.82, 2.24) is 0 Å². The molecule has 0 heterocycles. The molecule has 0 amide bonds. The fourth-order valence-electron chi connectivity index (χ4n) is 2.08. The minimum absolute atomic E-state index is 0.0501. The van der Waals surface area contributed by atoms with E-state index in [1.165, 1.54) is 17.7 Å². The Bertz CT molecular complexity index is 579. The molecule has 0 saturated carbocycles. The van der Waals surface area contributed by atoms with Gasteiger partial charge < -0.3 is 5.32 Å². The Morgan fingerprint density at radius 1 is 1.00 bits per heavy atom. The van der Waals surface area contributed by atoms with Gasteiger partial charge in [-0.3, -0.25) is 0 Å². The Kier molecular flexibility index (Phi) is 4.15. The van der Waals surface area contributed by atoms with E-state index in [1.54, 1.807) is 6.92 Å². The van der Waals surface area contributed by atoms with Crippen molar-refractivity contribution in [2.24, 2.45) is 0 Å². The average molecular weight is 261 g/mol. The summed E-state index contributed by atoms with van der Waals surface area (Å²) in [6.07, 6.45) is 0.899. The van der Waals surface area contributed by atoms with Crippen molar-refractivity contribution < 1.29 is 8.78 Å². The lowest BCUT2D eigenvalue weighted by Gasteiger charge is -2.12. The maximum atomic E-state index is 13.8. The van der Waals surface area contributed by atoms with Gasteiger partial charge >= 0.3 is 0 Å². The molecule has 0 atom stereocenters. The molecule has 1 N–H and O–H groups in total. The Labute approximate surface area is 112 Å². The molecule has 100 valence electrons. The van der Waals surface area contributed by atoms with Crippen molar-refractivity contribution in [2.45, 2.75) is 26.8 Å². The number of anilines is 1. The third kappa shape index (κ3) is 2.92. The van der Waals surface area contributed by atoms with Gasteiger partial charge in [0.2, 0.25) is 0 Å². The molecule has 0 aliphatic heterocycles. The Hall–Kier alpha value is -1.90. The topological polar surface area (TPSA) is 12.0 Å². The van der Waals surface area contributed by atoms with E-state index in [2.05, 4.69) is 12.2 Å². The molecule has 2 aromatic carbocycles. The van der Waals surface area contributed by atoms with Gasteiger partial charge in [0.15, 0.2) is 5.82 Å². The quantitative estimate of drug-likeness (QED) is 0.857. The molecular formula is C16H17F2N. The van der Waals surface area contributed by atoms with Crippen LogP contribution in [0.3, 0.4) is 0 Å². The van der Waals surface area contributed by atoms with Crippen molar-refractivity contribution in [3.63, 3.8) is 0 Å². The van der Waals surface area contributed by atoms with E-state index in [4.69, 9.17) is 0 Å². The molecule has 0 aromatic heterocycles. The number of rotatable bonds is 4. The van der Waals surface area contributed by atoms with Crippen LogP contribution in [0, 0.1) is 18.6 Å². The second kappa shape index (κ2) is 5.83. The standard InChI is InChI=1S/C16H17F2N/c1-3-12-6-4-5-7-13(12)10-19-16-14(17)9-8-11(2)15(16)18/h4-9,19H,3,10H2,1-2H3. The fourth-order valence-corrected chi connectivity index (χ4v) is 2.08. The summed E-state index contributed by atoms with van der Waals surface area (Å²) >= 11 is 0. The van der Waals surface area contributed by atoms with Crippen LogP contribution in [0.1, 0.15) is 23.6 Å². The molecule has 0 fully saturated rings. The fraction of sp³-hybridized carbons (Fsp3) is 0.250. The van der Waals surface area contributed by atoms with Crippen LogP contribution in [0.2, 0.25) is 0 Å². The van der Waals surface area contributed by atoms with Gasteiger partial charge in [-0.05, 0) is 36.1 Å². The van der Waals surface area contributed by atoms with E-state index >= 15 is 0 Å².